The molecule has 1 aliphatic rings. The normalized spacial score (nSPS) is 25.8. The van der Waals surface area contributed by atoms with Gasteiger partial charge >= 0.3 is 0 Å². The molecule has 0 spiro atoms. The quantitative estimate of drug-likeness (QED) is 0.653. The molecule has 0 amide bonds. The van der Waals surface area contributed by atoms with Crippen LogP contribution < -0.4 is 0 Å². The van der Waals surface area contributed by atoms with Crippen molar-refractivity contribution < 1.29 is 4.79 Å². The van der Waals surface area contributed by atoms with Gasteiger partial charge in [0.15, 0.2) is 0 Å². The van der Waals surface area contributed by atoms with Gasteiger partial charge in [0.05, 0.1) is 0 Å². The molecule has 0 aromatic heterocycles. The second-order valence-electron chi connectivity index (χ2n) is 5.32. The molecule has 1 atom stereocenters. The summed E-state index contributed by atoms with van der Waals surface area (Å²) in [6.07, 6.45) is 14.8. The van der Waals surface area contributed by atoms with Crippen LogP contribution in [-0.4, -0.2) is 5.78 Å². The lowest BCUT2D eigenvalue weighted by atomic mass is 9.89. The fourth-order valence-electron chi connectivity index (χ4n) is 2.77. The SMILES string of the molecule is CCCC1CCCCCCCCCCC1=O. The molecular weight excluding hydrogens is 196 g/mol. The largest absolute Gasteiger partial charge is 0.299 e. The van der Waals surface area contributed by atoms with Crippen molar-refractivity contribution >= 4 is 5.78 Å². The van der Waals surface area contributed by atoms with E-state index >= 15 is 0 Å². The van der Waals surface area contributed by atoms with Gasteiger partial charge in [0.25, 0.3) is 0 Å². The van der Waals surface area contributed by atoms with Crippen LogP contribution in [0.5, 0.6) is 0 Å². The fraction of sp³-hybridized carbons (Fsp3) is 0.933. The first-order chi connectivity index (χ1) is 7.84. The van der Waals surface area contributed by atoms with Crippen LogP contribution in [0.25, 0.3) is 0 Å². The van der Waals surface area contributed by atoms with Crippen molar-refractivity contribution in [2.75, 3.05) is 0 Å². The number of Topliss-reactive ketones (excluding diaryl/α,β-unsaturated/α-hetero) is 1. The number of carbonyl (C=O) groups excluding carboxylic acids is 1. The van der Waals surface area contributed by atoms with Crippen LogP contribution >= 0.6 is 0 Å². The third-order valence-electron chi connectivity index (χ3n) is 3.82. The van der Waals surface area contributed by atoms with Crippen LogP contribution in [0.15, 0.2) is 0 Å². The fourth-order valence-corrected chi connectivity index (χ4v) is 2.77. The second-order valence-corrected chi connectivity index (χ2v) is 5.32. The van der Waals surface area contributed by atoms with Crippen molar-refractivity contribution in [3.8, 4) is 0 Å². The molecule has 0 radical (unpaired) electrons. The summed E-state index contributed by atoms with van der Waals surface area (Å²) in [4.78, 5) is 12.0. The smallest absolute Gasteiger partial charge is 0.135 e. The average Bonchev–Trinajstić information content (AvgIpc) is 2.28. The molecular formula is C15H28O. The summed E-state index contributed by atoms with van der Waals surface area (Å²) >= 11 is 0. The molecule has 0 bridgehead atoms. The first-order valence-electron chi connectivity index (χ1n) is 7.37. The highest BCUT2D eigenvalue weighted by atomic mass is 16.1. The van der Waals surface area contributed by atoms with E-state index in [1.807, 2.05) is 0 Å². The van der Waals surface area contributed by atoms with Gasteiger partial charge in [-0.3, -0.25) is 4.79 Å². The van der Waals surface area contributed by atoms with Crippen LogP contribution in [-0.2, 0) is 4.79 Å². The van der Waals surface area contributed by atoms with Gasteiger partial charge in [-0.1, -0.05) is 58.3 Å². The van der Waals surface area contributed by atoms with E-state index in [0.29, 0.717) is 11.7 Å². The Labute approximate surface area is 101 Å². The van der Waals surface area contributed by atoms with Crippen molar-refractivity contribution in [1.29, 1.82) is 0 Å². The predicted octanol–water partition coefficient (Wildman–Crippen LogP) is 4.89. The highest BCUT2D eigenvalue weighted by Crippen LogP contribution is 2.21. The van der Waals surface area contributed by atoms with Gasteiger partial charge in [0.1, 0.15) is 5.78 Å². The monoisotopic (exact) mass is 224 g/mol. The van der Waals surface area contributed by atoms with Crippen molar-refractivity contribution in [2.24, 2.45) is 5.92 Å². The lowest BCUT2D eigenvalue weighted by Crippen LogP contribution is -2.14. The van der Waals surface area contributed by atoms with E-state index in [0.717, 1.165) is 32.1 Å². The highest BCUT2D eigenvalue weighted by Gasteiger charge is 2.16. The molecule has 1 saturated carbocycles. The summed E-state index contributed by atoms with van der Waals surface area (Å²) < 4.78 is 0. The van der Waals surface area contributed by atoms with Crippen LogP contribution in [0, 0.1) is 5.92 Å². The minimum absolute atomic E-state index is 0.393. The molecule has 1 aliphatic carbocycles. The Morgan fingerprint density at radius 3 is 2.12 bits per heavy atom. The van der Waals surface area contributed by atoms with Crippen molar-refractivity contribution in [3.05, 3.63) is 0 Å². The molecule has 1 unspecified atom stereocenters. The zero-order valence-electron chi connectivity index (χ0n) is 11.0. The van der Waals surface area contributed by atoms with E-state index in [-0.39, 0.29) is 0 Å². The van der Waals surface area contributed by atoms with Gasteiger partial charge in [-0.25, -0.2) is 0 Å². The summed E-state index contributed by atoms with van der Waals surface area (Å²) in [6.45, 7) is 2.20. The van der Waals surface area contributed by atoms with Crippen molar-refractivity contribution in [2.45, 2.75) is 84.0 Å². The zero-order chi connectivity index (χ0) is 11.6. The van der Waals surface area contributed by atoms with E-state index in [1.165, 1.54) is 44.9 Å². The second kappa shape index (κ2) is 8.78. The number of carbonyl (C=O) groups is 1. The molecule has 16 heavy (non-hydrogen) atoms. The summed E-state index contributed by atoms with van der Waals surface area (Å²) in [6, 6.07) is 0. The van der Waals surface area contributed by atoms with Crippen molar-refractivity contribution in [1.82, 2.24) is 0 Å². The van der Waals surface area contributed by atoms with Gasteiger partial charge in [-0.2, -0.15) is 0 Å². The van der Waals surface area contributed by atoms with E-state index in [1.54, 1.807) is 0 Å². The maximum atomic E-state index is 12.0. The average molecular weight is 224 g/mol. The first kappa shape index (κ1) is 13.7. The number of hydrogen-bond donors (Lipinski definition) is 0. The van der Waals surface area contributed by atoms with E-state index < -0.39 is 0 Å². The number of hydrogen-bond acceptors (Lipinski definition) is 1. The van der Waals surface area contributed by atoms with Crippen molar-refractivity contribution in [3.63, 3.8) is 0 Å². The molecule has 0 aromatic carbocycles. The molecule has 1 heteroatoms. The third kappa shape index (κ3) is 5.67. The molecule has 0 aliphatic heterocycles. The number of rotatable bonds is 2. The van der Waals surface area contributed by atoms with Gasteiger partial charge in [0, 0.05) is 12.3 Å². The standard InChI is InChI=1S/C15H28O/c1-2-11-14-12-9-7-5-3-4-6-8-10-13-15(14)16/h14H,2-13H2,1H3. The zero-order valence-corrected chi connectivity index (χ0v) is 11.0. The summed E-state index contributed by atoms with van der Waals surface area (Å²) in [5.41, 5.74) is 0. The van der Waals surface area contributed by atoms with Crippen LogP contribution in [0.3, 0.4) is 0 Å². The maximum Gasteiger partial charge on any atom is 0.135 e. The molecule has 94 valence electrons. The minimum atomic E-state index is 0.393. The van der Waals surface area contributed by atoms with E-state index in [9.17, 15) is 4.79 Å². The Hall–Kier alpha value is -0.330. The molecule has 0 aromatic rings. The predicted molar refractivity (Wildman–Crippen MR) is 69.6 cm³/mol. The lowest BCUT2D eigenvalue weighted by Gasteiger charge is -2.15. The highest BCUT2D eigenvalue weighted by molar-refractivity contribution is 5.80. The molecule has 1 fully saturated rings. The van der Waals surface area contributed by atoms with Gasteiger partial charge < -0.3 is 0 Å². The van der Waals surface area contributed by atoms with Crippen LogP contribution in [0.1, 0.15) is 84.0 Å². The number of ketones is 1. The molecule has 0 heterocycles. The van der Waals surface area contributed by atoms with Crippen LogP contribution in [0.2, 0.25) is 0 Å². The summed E-state index contributed by atoms with van der Waals surface area (Å²) in [7, 11) is 0. The Morgan fingerprint density at radius 1 is 0.938 bits per heavy atom. The minimum Gasteiger partial charge on any atom is -0.299 e. The Kier molecular flexibility index (Phi) is 7.54. The molecule has 0 saturated heterocycles. The maximum absolute atomic E-state index is 12.0. The molecule has 0 N–H and O–H groups in total. The summed E-state index contributed by atoms with van der Waals surface area (Å²) in [5.74, 6) is 0.951. The first-order valence-corrected chi connectivity index (χ1v) is 7.37. The Bertz CT molecular complexity index is 186. The topological polar surface area (TPSA) is 17.1 Å². The van der Waals surface area contributed by atoms with Gasteiger partial charge in [0.2, 0.25) is 0 Å². The lowest BCUT2D eigenvalue weighted by molar-refractivity contribution is -0.123. The van der Waals surface area contributed by atoms with E-state index in [2.05, 4.69) is 6.92 Å². The van der Waals surface area contributed by atoms with Gasteiger partial charge in [-0.15, -0.1) is 0 Å². The summed E-state index contributed by atoms with van der Waals surface area (Å²) in [5, 5.41) is 0. The molecule has 1 rings (SSSR count). The van der Waals surface area contributed by atoms with Gasteiger partial charge in [-0.05, 0) is 19.3 Å². The van der Waals surface area contributed by atoms with E-state index in [4.69, 9.17) is 0 Å². The Morgan fingerprint density at radius 2 is 1.50 bits per heavy atom. The third-order valence-corrected chi connectivity index (χ3v) is 3.82. The van der Waals surface area contributed by atoms with Crippen LogP contribution in [0.4, 0.5) is 0 Å². The Balaban J connectivity index is 2.36. The molecule has 1 nitrogen and oxygen atoms in total.